The molecule has 1 aromatic carbocycles. The molecule has 1 aliphatic heterocycles. The normalized spacial score (nSPS) is 19.9. The molecule has 20 heavy (non-hydrogen) atoms. The Morgan fingerprint density at radius 3 is 2.25 bits per heavy atom. The zero-order chi connectivity index (χ0) is 15.1. The largest absolute Gasteiger partial charge is 0.495 e. The third kappa shape index (κ3) is 2.53. The molecule has 1 heterocycles. The molecule has 0 aromatic heterocycles. The summed E-state index contributed by atoms with van der Waals surface area (Å²) in [4.78, 5) is 10.8. The molecule has 2 rings (SSSR count). The first kappa shape index (κ1) is 14.9. The van der Waals surface area contributed by atoms with Gasteiger partial charge in [-0.15, -0.1) is 0 Å². The quantitative estimate of drug-likeness (QED) is 0.814. The van der Waals surface area contributed by atoms with Gasteiger partial charge in [-0.05, 0) is 51.7 Å². The molecule has 0 radical (unpaired) electrons. The van der Waals surface area contributed by atoms with E-state index in [0.29, 0.717) is 5.69 Å². The number of nitrogens with one attached hydrogen (secondary N) is 1. The van der Waals surface area contributed by atoms with Crippen LogP contribution in [0.4, 0.5) is 10.5 Å². The molecule has 108 valence electrons. The Kier molecular flexibility index (Phi) is 3.56. The van der Waals surface area contributed by atoms with Gasteiger partial charge >= 0.3 is 13.2 Å². The number of carboxylic acid groups (broad SMARTS) is 1. The molecule has 0 atom stereocenters. The van der Waals surface area contributed by atoms with Crippen molar-refractivity contribution in [3.63, 3.8) is 0 Å². The second kappa shape index (κ2) is 4.79. The van der Waals surface area contributed by atoms with Gasteiger partial charge < -0.3 is 14.4 Å². The number of benzene rings is 1. The lowest BCUT2D eigenvalue weighted by atomic mass is 9.76. The second-order valence-electron chi connectivity index (χ2n) is 6.04. The smallest absolute Gasteiger partial charge is 0.465 e. The summed E-state index contributed by atoms with van der Waals surface area (Å²) < 4.78 is 12.0. The summed E-state index contributed by atoms with van der Waals surface area (Å²) in [5, 5.41) is 11.2. The van der Waals surface area contributed by atoms with Gasteiger partial charge in [-0.3, -0.25) is 5.32 Å². The van der Waals surface area contributed by atoms with E-state index in [2.05, 4.69) is 5.32 Å². The second-order valence-corrected chi connectivity index (χ2v) is 6.04. The molecule has 2 N–H and O–H groups in total. The molecule has 1 aromatic rings. The van der Waals surface area contributed by atoms with Gasteiger partial charge in [0, 0.05) is 5.69 Å². The van der Waals surface area contributed by atoms with E-state index in [4.69, 9.17) is 14.4 Å². The Morgan fingerprint density at radius 2 is 1.75 bits per heavy atom. The fourth-order valence-corrected chi connectivity index (χ4v) is 2.13. The van der Waals surface area contributed by atoms with E-state index in [0.717, 1.165) is 11.0 Å². The van der Waals surface area contributed by atoms with Gasteiger partial charge in [0.25, 0.3) is 0 Å². The summed E-state index contributed by atoms with van der Waals surface area (Å²) >= 11 is 0. The van der Waals surface area contributed by atoms with Crippen LogP contribution in [0, 0.1) is 6.92 Å². The minimum absolute atomic E-state index is 0.416. The molecule has 1 amide bonds. The third-order valence-electron chi connectivity index (χ3n) is 4.12. The summed E-state index contributed by atoms with van der Waals surface area (Å²) in [6.07, 6.45) is -1.08. The van der Waals surface area contributed by atoms with Crippen LogP contribution in [-0.4, -0.2) is 29.5 Å². The van der Waals surface area contributed by atoms with E-state index in [1.165, 1.54) is 0 Å². The maximum atomic E-state index is 10.8. The highest BCUT2D eigenvalue weighted by Crippen LogP contribution is 2.36. The van der Waals surface area contributed by atoms with Crippen molar-refractivity contribution in [1.82, 2.24) is 0 Å². The van der Waals surface area contributed by atoms with Crippen molar-refractivity contribution in [2.45, 2.75) is 45.8 Å². The molecule has 0 aliphatic carbocycles. The zero-order valence-corrected chi connectivity index (χ0v) is 12.5. The van der Waals surface area contributed by atoms with E-state index in [1.54, 1.807) is 12.1 Å². The summed E-state index contributed by atoms with van der Waals surface area (Å²) in [6, 6.07) is 5.40. The summed E-state index contributed by atoms with van der Waals surface area (Å²) in [5.74, 6) is 0. The summed E-state index contributed by atoms with van der Waals surface area (Å²) in [5.41, 5.74) is 1.37. The van der Waals surface area contributed by atoms with Crippen LogP contribution < -0.4 is 10.8 Å². The van der Waals surface area contributed by atoms with Crippen molar-refractivity contribution >= 4 is 24.4 Å². The predicted octanol–water partition coefficient (Wildman–Crippen LogP) is 2.38. The Hall–Kier alpha value is -1.53. The van der Waals surface area contributed by atoms with E-state index < -0.39 is 24.4 Å². The zero-order valence-electron chi connectivity index (χ0n) is 12.5. The molecule has 1 aliphatic rings. The number of amides is 1. The monoisotopic (exact) mass is 277 g/mol. The molecule has 1 saturated heterocycles. The van der Waals surface area contributed by atoms with Gasteiger partial charge in [0.1, 0.15) is 0 Å². The summed E-state index contributed by atoms with van der Waals surface area (Å²) in [6.45, 7) is 9.80. The number of carbonyl (C=O) groups is 1. The average molecular weight is 277 g/mol. The lowest BCUT2D eigenvalue weighted by Gasteiger charge is -2.32. The Bertz CT molecular complexity index is 526. The molecule has 0 spiro atoms. The van der Waals surface area contributed by atoms with Gasteiger partial charge in [-0.1, -0.05) is 12.1 Å². The highest BCUT2D eigenvalue weighted by molar-refractivity contribution is 6.62. The highest BCUT2D eigenvalue weighted by atomic mass is 16.7. The first-order valence-corrected chi connectivity index (χ1v) is 6.59. The van der Waals surface area contributed by atoms with Crippen LogP contribution in [0.25, 0.3) is 0 Å². The maximum Gasteiger partial charge on any atom is 0.495 e. The molecular weight excluding hydrogens is 257 g/mol. The molecule has 0 bridgehead atoms. The molecule has 5 nitrogen and oxygen atoms in total. The van der Waals surface area contributed by atoms with Crippen LogP contribution in [0.2, 0.25) is 0 Å². The van der Waals surface area contributed by atoms with Crippen LogP contribution in [-0.2, 0) is 9.31 Å². The van der Waals surface area contributed by atoms with Gasteiger partial charge in [-0.2, -0.15) is 0 Å². The third-order valence-corrected chi connectivity index (χ3v) is 4.12. The molecular formula is C14H20BNO4. The fraction of sp³-hybridized carbons (Fsp3) is 0.500. The van der Waals surface area contributed by atoms with E-state index >= 15 is 0 Å². The number of hydrogen-bond acceptors (Lipinski definition) is 3. The molecule has 0 unspecified atom stereocenters. The Morgan fingerprint density at radius 1 is 1.20 bits per heavy atom. The van der Waals surface area contributed by atoms with Crippen LogP contribution in [0.3, 0.4) is 0 Å². The van der Waals surface area contributed by atoms with Crippen LogP contribution >= 0.6 is 0 Å². The van der Waals surface area contributed by atoms with E-state index in [-0.39, 0.29) is 0 Å². The summed E-state index contributed by atoms with van der Waals surface area (Å²) in [7, 11) is -0.490. The topological polar surface area (TPSA) is 67.8 Å². The lowest BCUT2D eigenvalue weighted by molar-refractivity contribution is 0.00578. The van der Waals surface area contributed by atoms with Crippen molar-refractivity contribution in [2.75, 3.05) is 5.32 Å². The van der Waals surface area contributed by atoms with Crippen LogP contribution in [0.15, 0.2) is 18.2 Å². The first-order valence-electron chi connectivity index (χ1n) is 6.59. The molecule has 1 fully saturated rings. The van der Waals surface area contributed by atoms with Crippen LogP contribution in [0.5, 0.6) is 0 Å². The standard InChI is InChI=1S/C14H20BNO4/c1-9-10(7-6-8-11(9)16-12(17)18)15-19-13(2,3)14(4,5)20-15/h6-8,16H,1-5H3,(H,17,18). The Labute approximate surface area is 119 Å². The van der Waals surface area contributed by atoms with Gasteiger partial charge in [0.2, 0.25) is 0 Å². The van der Waals surface area contributed by atoms with Crippen molar-refractivity contribution in [3.8, 4) is 0 Å². The molecule has 0 saturated carbocycles. The van der Waals surface area contributed by atoms with Crippen molar-refractivity contribution in [1.29, 1.82) is 0 Å². The first-order chi connectivity index (χ1) is 9.14. The SMILES string of the molecule is Cc1c(NC(=O)O)cccc1B1OC(C)(C)C(C)(C)O1. The average Bonchev–Trinajstić information content (AvgIpc) is 2.50. The molecule has 6 heteroatoms. The maximum absolute atomic E-state index is 10.8. The predicted molar refractivity (Wildman–Crippen MR) is 78.5 cm³/mol. The van der Waals surface area contributed by atoms with E-state index in [1.807, 2.05) is 40.7 Å². The van der Waals surface area contributed by atoms with Gasteiger partial charge in [0.05, 0.1) is 11.2 Å². The highest BCUT2D eigenvalue weighted by Gasteiger charge is 2.52. The fourth-order valence-electron chi connectivity index (χ4n) is 2.13. The van der Waals surface area contributed by atoms with Gasteiger partial charge in [-0.25, -0.2) is 4.79 Å². The van der Waals surface area contributed by atoms with Crippen molar-refractivity contribution in [2.24, 2.45) is 0 Å². The minimum atomic E-state index is -1.08. The lowest BCUT2D eigenvalue weighted by Crippen LogP contribution is -2.41. The van der Waals surface area contributed by atoms with Crippen LogP contribution in [0.1, 0.15) is 33.3 Å². The van der Waals surface area contributed by atoms with Crippen molar-refractivity contribution < 1.29 is 19.2 Å². The van der Waals surface area contributed by atoms with Gasteiger partial charge in [0.15, 0.2) is 0 Å². The van der Waals surface area contributed by atoms with E-state index in [9.17, 15) is 4.79 Å². The number of anilines is 1. The number of hydrogen-bond donors (Lipinski definition) is 2. The minimum Gasteiger partial charge on any atom is -0.465 e. The Balaban J connectivity index is 2.34. The number of rotatable bonds is 2. The van der Waals surface area contributed by atoms with Crippen molar-refractivity contribution in [3.05, 3.63) is 23.8 Å².